The molecule has 0 spiro atoms. The highest BCUT2D eigenvalue weighted by Gasteiger charge is 2.23. The van der Waals surface area contributed by atoms with Crippen LogP contribution in [0.5, 0.6) is 0 Å². The lowest BCUT2D eigenvalue weighted by Crippen LogP contribution is -2.30. The molecule has 7 heteroatoms. The fourth-order valence-electron chi connectivity index (χ4n) is 3.33. The molecule has 0 fully saturated rings. The van der Waals surface area contributed by atoms with Crippen LogP contribution < -0.4 is 10.2 Å². The van der Waals surface area contributed by atoms with Crippen molar-refractivity contribution in [2.45, 2.75) is 11.3 Å². The largest absolute Gasteiger partial charge is 0.322 e. The minimum absolute atomic E-state index is 0.0970. The first-order valence-electron chi connectivity index (χ1n) is 9.39. The zero-order valence-corrected chi connectivity index (χ0v) is 18.2. The van der Waals surface area contributed by atoms with Crippen molar-refractivity contribution in [2.75, 3.05) is 22.5 Å². The SMILES string of the molecule is O=C(Nc1ccc(SCC(=O)N2CCc3ccccc32)cc1)c1ccc(Cl)cc1Cl. The number of amides is 2. The normalized spacial score (nSPS) is 12.5. The van der Waals surface area contributed by atoms with Crippen LogP contribution in [0, 0.1) is 0 Å². The van der Waals surface area contributed by atoms with Crippen LogP contribution in [-0.2, 0) is 11.2 Å². The smallest absolute Gasteiger partial charge is 0.257 e. The van der Waals surface area contributed by atoms with Gasteiger partial charge in [-0.25, -0.2) is 0 Å². The molecule has 4 rings (SSSR count). The summed E-state index contributed by atoms with van der Waals surface area (Å²) in [5.74, 6) is 0.153. The highest BCUT2D eigenvalue weighted by Crippen LogP contribution is 2.29. The zero-order chi connectivity index (χ0) is 21.1. The number of carbonyl (C=O) groups is 2. The standard InChI is InChI=1S/C23H18Cl2N2O2S/c24-16-5-10-19(20(25)13-16)23(29)26-17-6-8-18(9-7-17)30-14-22(28)27-12-11-15-3-1-2-4-21(15)27/h1-10,13H,11-12,14H2,(H,26,29). The summed E-state index contributed by atoms with van der Waals surface area (Å²) in [6.07, 6.45) is 0.901. The summed E-state index contributed by atoms with van der Waals surface area (Å²) in [6.45, 7) is 0.733. The van der Waals surface area contributed by atoms with Gasteiger partial charge in [-0.05, 0) is 60.5 Å². The van der Waals surface area contributed by atoms with Gasteiger partial charge in [0.05, 0.1) is 16.3 Å². The second-order valence-electron chi connectivity index (χ2n) is 6.82. The molecular weight excluding hydrogens is 439 g/mol. The topological polar surface area (TPSA) is 49.4 Å². The maximum atomic E-state index is 12.6. The molecule has 1 N–H and O–H groups in total. The molecule has 0 radical (unpaired) electrons. The average molecular weight is 457 g/mol. The van der Waals surface area contributed by atoms with Gasteiger partial charge in [0.15, 0.2) is 0 Å². The third-order valence-corrected chi connectivity index (χ3v) is 6.38. The summed E-state index contributed by atoms with van der Waals surface area (Å²) in [7, 11) is 0. The van der Waals surface area contributed by atoms with Crippen LogP contribution in [0.1, 0.15) is 15.9 Å². The number of rotatable bonds is 5. The molecule has 4 nitrogen and oxygen atoms in total. The Balaban J connectivity index is 1.34. The number of nitrogens with one attached hydrogen (secondary N) is 1. The molecule has 0 atom stereocenters. The van der Waals surface area contributed by atoms with Crippen molar-refractivity contribution in [3.63, 3.8) is 0 Å². The number of halogens is 2. The maximum Gasteiger partial charge on any atom is 0.257 e. The van der Waals surface area contributed by atoms with Crippen LogP contribution in [0.2, 0.25) is 10.0 Å². The number of hydrogen-bond donors (Lipinski definition) is 1. The Morgan fingerprint density at radius 1 is 1.00 bits per heavy atom. The number of anilines is 2. The predicted octanol–water partition coefficient (Wildman–Crippen LogP) is 5.93. The van der Waals surface area contributed by atoms with Crippen molar-refractivity contribution in [1.29, 1.82) is 0 Å². The van der Waals surface area contributed by atoms with Gasteiger partial charge in [-0.3, -0.25) is 9.59 Å². The fourth-order valence-corrected chi connectivity index (χ4v) is 4.60. The molecule has 1 aliphatic heterocycles. The van der Waals surface area contributed by atoms with E-state index in [0.29, 0.717) is 27.0 Å². The molecular formula is C23H18Cl2N2O2S. The molecule has 0 saturated carbocycles. The van der Waals surface area contributed by atoms with Crippen molar-refractivity contribution in [3.8, 4) is 0 Å². The molecule has 2 amide bonds. The van der Waals surface area contributed by atoms with Gasteiger partial charge in [-0.15, -0.1) is 11.8 Å². The van der Waals surface area contributed by atoms with E-state index in [2.05, 4.69) is 11.4 Å². The van der Waals surface area contributed by atoms with E-state index in [1.54, 1.807) is 24.3 Å². The van der Waals surface area contributed by atoms with Crippen LogP contribution in [0.3, 0.4) is 0 Å². The predicted molar refractivity (Wildman–Crippen MR) is 124 cm³/mol. The van der Waals surface area contributed by atoms with Gasteiger partial charge < -0.3 is 10.2 Å². The summed E-state index contributed by atoms with van der Waals surface area (Å²) in [4.78, 5) is 27.8. The number of nitrogens with zero attached hydrogens (tertiary/aromatic N) is 1. The van der Waals surface area contributed by atoms with Crippen LogP contribution in [0.25, 0.3) is 0 Å². The monoisotopic (exact) mass is 456 g/mol. The molecule has 0 unspecified atom stereocenters. The van der Waals surface area contributed by atoms with Crippen molar-refractivity contribution in [2.24, 2.45) is 0 Å². The summed E-state index contributed by atoms with van der Waals surface area (Å²) in [5.41, 5.74) is 3.24. The van der Waals surface area contributed by atoms with Crippen molar-refractivity contribution >= 4 is 58.2 Å². The first kappa shape index (κ1) is 20.8. The second kappa shape index (κ2) is 9.13. The molecule has 3 aromatic carbocycles. The summed E-state index contributed by atoms with van der Waals surface area (Å²) in [5, 5.41) is 3.59. The van der Waals surface area contributed by atoms with Crippen molar-refractivity contribution < 1.29 is 9.59 Å². The number of thioether (sulfide) groups is 1. The molecule has 0 bridgehead atoms. The Labute approximate surface area is 189 Å². The first-order valence-corrected chi connectivity index (χ1v) is 11.1. The average Bonchev–Trinajstić information content (AvgIpc) is 3.17. The summed E-state index contributed by atoms with van der Waals surface area (Å²) < 4.78 is 0. The quantitative estimate of drug-likeness (QED) is 0.484. The summed E-state index contributed by atoms with van der Waals surface area (Å²) in [6, 6.07) is 20.2. The van der Waals surface area contributed by atoms with E-state index in [9.17, 15) is 9.59 Å². The number of para-hydroxylation sites is 1. The third-order valence-electron chi connectivity index (χ3n) is 4.84. The number of hydrogen-bond acceptors (Lipinski definition) is 3. The van der Waals surface area contributed by atoms with E-state index in [1.165, 1.54) is 23.4 Å². The maximum absolute atomic E-state index is 12.6. The highest BCUT2D eigenvalue weighted by molar-refractivity contribution is 8.00. The van der Waals surface area contributed by atoms with Crippen molar-refractivity contribution in [1.82, 2.24) is 0 Å². The van der Waals surface area contributed by atoms with Gasteiger partial charge >= 0.3 is 0 Å². The van der Waals surface area contributed by atoms with Gasteiger partial charge in [0.1, 0.15) is 0 Å². The second-order valence-corrected chi connectivity index (χ2v) is 8.71. The molecule has 1 heterocycles. The van der Waals surface area contributed by atoms with E-state index >= 15 is 0 Å². The molecule has 1 aliphatic rings. The van der Waals surface area contributed by atoms with E-state index in [-0.39, 0.29) is 11.8 Å². The first-order chi connectivity index (χ1) is 14.5. The van der Waals surface area contributed by atoms with Gasteiger partial charge in [0.2, 0.25) is 5.91 Å². The molecule has 0 aromatic heterocycles. The molecule has 0 saturated heterocycles. The van der Waals surface area contributed by atoms with E-state index in [4.69, 9.17) is 23.2 Å². The van der Waals surface area contributed by atoms with Crippen LogP contribution >= 0.6 is 35.0 Å². The molecule has 152 valence electrons. The minimum atomic E-state index is -0.306. The van der Waals surface area contributed by atoms with Gasteiger partial charge in [-0.1, -0.05) is 41.4 Å². The third kappa shape index (κ3) is 4.64. The van der Waals surface area contributed by atoms with E-state index in [1.807, 2.05) is 35.2 Å². The lowest BCUT2D eigenvalue weighted by molar-refractivity contribution is -0.116. The Morgan fingerprint density at radius 2 is 1.77 bits per heavy atom. The van der Waals surface area contributed by atoms with Gasteiger partial charge in [0, 0.05) is 27.8 Å². The van der Waals surface area contributed by atoms with Crippen LogP contribution in [0.4, 0.5) is 11.4 Å². The molecule has 3 aromatic rings. The molecule has 0 aliphatic carbocycles. The fraction of sp³-hybridized carbons (Fsp3) is 0.130. The number of benzene rings is 3. The Morgan fingerprint density at radius 3 is 2.53 bits per heavy atom. The Bertz CT molecular complexity index is 1100. The molecule has 30 heavy (non-hydrogen) atoms. The van der Waals surface area contributed by atoms with E-state index < -0.39 is 0 Å². The summed E-state index contributed by atoms with van der Waals surface area (Å²) >= 11 is 13.4. The number of fused-ring (bicyclic) bond motifs is 1. The van der Waals surface area contributed by atoms with E-state index in [0.717, 1.165) is 23.5 Å². The minimum Gasteiger partial charge on any atom is -0.322 e. The van der Waals surface area contributed by atoms with Crippen LogP contribution in [-0.4, -0.2) is 24.1 Å². The Kier molecular flexibility index (Phi) is 6.32. The zero-order valence-electron chi connectivity index (χ0n) is 15.9. The highest BCUT2D eigenvalue weighted by atomic mass is 35.5. The lowest BCUT2D eigenvalue weighted by atomic mass is 10.2. The van der Waals surface area contributed by atoms with Crippen LogP contribution in [0.15, 0.2) is 71.6 Å². The van der Waals surface area contributed by atoms with Gasteiger partial charge in [-0.2, -0.15) is 0 Å². The van der Waals surface area contributed by atoms with Crippen molar-refractivity contribution in [3.05, 3.63) is 87.9 Å². The lowest BCUT2D eigenvalue weighted by Gasteiger charge is -2.17. The Hall–Kier alpha value is -2.47. The van der Waals surface area contributed by atoms with Gasteiger partial charge in [0.25, 0.3) is 5.91 Å². The number of carbonyl (C=O) groups excluding carboxylic acids is 2.